The van der Waals surface area contributed by atoms with Gasteiger partial charge >= 0.3 is 0 Å². The summed E-state index contributed by atoms with van der Waals surface area (Å²) in [6.45, 7) is 0.963. The van der Waals surface area contributed by atoms with Crippen molar-refractivity contribution in [1.29, 1.82) is 0 Å². The van der Waals surface area contributed by atoms with Gasteiger partial charge in [0.2, 0.25) is 21.8 Å². The van der Waals surface area contributed by atoms with E-state index >= 15 is 0 Å². The standard InChI is InChI=1S/C31H39N5O4S/c1-41(38,39)35-25-11-9-21(10-12-25)17-29-33-31(40-34-29)24-19-26-13-14-27(20-24)36(26)16-15-28(23-5-3-2-4-6-23)32-30(37)18-22-7-8-22/h2-6,9-12,22,24,26-28,35H,7-8,13-20H2,1H3,(H,32,37)/t24-,26-,27+,28-/m0/s1. The van der Waals surface area contributed by atoms with Gasteiger partial charge in [-0.3, -0.25) is 14.4 Å². The lowest BCUT2D eigenvalue weighted by Gasteiger charge is -2.38. The largest absolute Gasteiger partial charge is 0.349 e. The molecule has 1 aliphatic carbocycles. The lowest BCUT2D eigenvalue weighted by atomic mass is 9.90. The number of aromatic nitrogens is 2. The van der Waals surface area contributed by atoms with E-state index in [0.717, 1.165) is 43.5 Å². The smallest absolute Gasteiger partial charge is 0.229 e. The zero-order valence-corrected chi connectivity index (χ0v) is 24.4. The van der Waals surface area contributed by atoms with Crippen LogP contribution in [0.15, 0.2) is 59.1 Å². The Balaban J connectivity index is 1.04. The molecule has 2 aromatic carbocycles. The molecule has 4 atom stereocenters. The molecular weight excluding hydrogens is 538 g/mol. The molecule has 2 N–H and O–H groups in total. The van der Waals surface area contributed by atoms with Crippen molar-refractivity contribution in [2.75, 3.05) is 17.5 Å². The van der Waals surface area contributed by atoms with E-state index in [1.165, 1.54) is 31.2 Å². The molecule has 6 rings (SSSR count). The molecule has 1 aromatic heterocycles. The maximum atomic E-state index is 12.7. The molecule has 2 saturated heterocycles. The number of amides is 1. The fourth-order valence-corrected chi connectivity index (χ4v) is 7.12. The molecule has 0 radical (unpaired) electrons. The summed E-state index contributed by atoms with van der Waals surface area (Å²) in [7, 11) is -3.30. The SMILES string of the molecule is CS(=O)(=O)Nc1ccc(Cc2noc([C@@H]3C[C@H]4CC[C@@H](C3)N4CC[C@H](NC(=O)CC3CC3)c3ccccc3)n2)cc1. The van der Waals surface area contributed by atoms with E-state index in [-0.39, 0.29) is 17.9 Å². The Kier molecular flexibility index (Phi) is 8.12. The Morgan fingerprint density at radius 2 is 1.73 bits per heavy atom. The third-order valence-corrected chi connectivity index (χ3v) is 9.33. The van der Waals surface area contributed by atoms with Gasteiger partial charge < -0.3 is 9.84 Å². The molecule has 3 aliphatic rings. The second-order valence-corrected chi connectivity index (χ2v) is 13.8. The van der Waals surface area contributed by atoms with Crippen molar-refractivity contribution >= 4 is 21.6 Å². The van der Waals surface area contributed by atoms with E-state index in [9.17, 15) is 13.2 Å². The van der Waals surface area contributed by atoms with Crippen LogP contribution in [0.1, 0.15) is 86.2 Å². The van der Waals surface area contributed by atoms with E-state index in [1.54, 1.807) is 12.1 Å². The van der Waals surface area contributed by atoms with Gasteiger partial charge in [-0.2, -0.15) is 4.98 Å². The molecule has 3 fully saturated rings. The molecule has 3 aromatic rings. The molecular formula is C31H39N5O4S. The average Bonchev–Trinajstić information content (AvgIpc) is 3.58. The van der Waals surface area contributed by atoms with Gasteiger partial charge in [0.1, 0.15) is 0 Å². The summed E-state index contributed by atoms with van der Waals surface area (Å²) in [6, 6.07) is 18.6. The summed E-state index contributed by atoms with van der Waals surface area (Å²) in [5, 5.41) is 7.59. The molecule has 2 bridgehead atoms. The second-order valence-electron chi connectivity index (χ2n) is 12.1. The summed E-state index contributed by atoms with van der Waals surface area (Å²) in [6.07, 6.45) is 9.96. The average molecular weight is 578 g/mol. The van der Waals surface area contributed by atoms with Gasteiger partial charge in [0, 0.05) is 43.1 Å². The zero-order chi connectivity index (χ0) is 28.4. The van der Waals surface area contributed by atoms with Gasteiger partial charge in [-0.05, 0) is 74.1 Å². The predicted octanol–water partition coefficient (Wildman–Crippen LogP) is 4.79. The monoisotopic (exact) mass is 577 g/mol. The van der Waals surface area contributed by atoms with Gasteiger partial charge in [-0.1, -0.05) is 47.6 Å². The van der Waals surface area contributed by atoms with Crippen molar-refractivity contribution in [3.05, 3.63) is 77.4 Å². The highest BCUT2D eigenvalue weighted by molar-refractivity contribution is 7.92. The summed E-state index contributed by atoms with van der Waals surface area (Å²) < 4.78 is 31.1. The molecule has 3 heterocycles. The van der Waals surface area contributed by atoms with Crippen LogP contribution < -0.4 is 10.0 Å². The van der Waals surface area contributed by atoms with Crippen molar-refractivity contribution in [2.24, 2.45) is 5.92 Å². The molecule has 10 heteroatoms. The third kappa shape index (κ3) is 7.35. The number of anilines is 1. The Hall–Kier alpha value is -3.24. The van der Waals surface area contributed by atoms with Gasteiger partial charge in [-0.25, -0.2) is 8.42 Å². The molecule has 1 amide bonds. The van der Waals surface area contributed by atoms with Crippen LogP contribution in [0.2, 0.25) is 0 Å². The number of piperidine rings is 1. The first kappa shape index (κ1) is 27.9. The molecule has 0 unspecified atom stereocenters. The molecule has 2 aliphatic heterocycles. The van der Waals surface area contributed by atoms with Crippen molar-refractivity contribution in [2.45, 2.75) is 81.8 Å². The summed E-state index contributed by atoms with van der Waals surface area (Å²) in [4.78, 5) is 20.1. The van der Waals surface area contributed by atoms with E-state index < -0.39 is 10.0 Å². The number of benzene rings is 2. The van der Waals surface area contributed by atoms with Gasteiger partial charge in [-0.15, -0.1) is 0 Å². The Morgan fingerprint density at radius 1 is 1.02 bits per heavy atom. The highest BCUT2D eigenvalue weighted by Gasteiger charge is 2.42. The maximum absolute atomic E-state index is 12.7. The van der Waals surface area contributed by atoms with Crippen LogP contribution in [-0.2, 0) is 21.2 Å². The summed E-state index contributed by atoms with van der Waals surface area (Å²) >= 11 is 0. The first-order valence-electron chi connectivity index (χ1n) is 14.8. The number of fused-ring (bicyclic) bond motifs is 2. The minimum atomic E-state index is -3.30. The lowest BCUT2D eigenvalue weighted by Crippen LogP contribution is -2.44. The van der Waals surface area contributed by atoms with Crippen molar-refractivity contribution in [3.63, 3.8) is 0 Å². The van der Waals surface area contributed by atoms with Crippen LogP contribution in [0.3, 0.4) is 0 Å². The normalized spacial score (nSPS) is 23.3. The van der Waals surface area contributed by atoms with Gasteiger partial charge in [0.05, 0.1) is 12.3 Å². The fourth-order valence-electron chi connectivity index (χ4n) is 6.56. The number of nitrogens with zero attached hydrogens (tertiary/aromatic N) is 3. The van der Waals surface area contributed by atoms with Crippen molar-refractivity contribution in [3.8, 4) is 0 Å². The van der Waals surface area contributed by atoms with Crippen molar-refractivity contribution < 1.29 is 17.7 Å². The van der Waals surface area contributed by atoms with Crippen LogP contribution in [0, 0.1) is 5.92 Å². The number of hydrogen-bond acceptors (Lipinski definition) is 7. The highest BCUT2D eigenvalue weighted by Crippen LogP contribution is 2.43. The van der Waals surface area contributed by atoms with Gasteiger partial charge in [0.15, 0.2) is 5.82 Å². The quantitative estimate of drug-likeness (QED) is 0.318. The van der Waals surface area contributed by atoms with E-state index in [2.05, 4.69) is 44.4 Å². The Morgan fingerprint density at radius 3 is 2.39 bits per heavy atom. The predicted molar refractivity (Wildman–Crippen MR) is 157 cm³/mol. The number of carbonyl (C=O) groups excluding carboxylic acids is 1. The van der Waals surface area contributed by atoms with Crippen LogP contribution in [0.5, 0.6) is 0 Å². The molecule has 1 saturated carbocycles. The van der Waals surface area contributed by atoms with Crippen LogP contribution in [0.25, 0.3) is 0 Å². The molecule has 9 nitrogen and oxygen atoms in total. The van der Waals surface area contributed by atoms with E-state index in [4.69, 9.17) is 9.51 Å². The highest BCUT2D eigenvalue weighted by atomic mass is 32.2. The first-order chi connectivity index (χ1) is 19.8. The number of rotatable bonds is 12. The van der Waals surface area contributed by atoms with Crippen molar-refractivity contribution in [1.82, 2.24) is 20.4 Å². The fraction of sp³-hybridized carbons (Fsp3) is 0.516. The topological polar surface area (TPSA) is 117 Å². The number of sulfonamides is 1. The minimum absolute atomic E-state index is 0.0364. The Labute approximate surface area is 242 Å². The van der Waals surface area contributed by atoms with Gasteiger partial charge in [0.25, 0.3) is 0 Å². The van der Waals surface area contributed by atoms with E-state index in [1.807, 2.05) is 18.2 Å². The van der Waals surface area contributed by atoms with Crippen LogP contribution >= 0.6 is 0 Å². The zero-order valence-electron chi connectivity index (χ0n) is 23.5. The second kappa shape index (κ2) is 11.9. The van der Waals surface area contributed by atoms with Crippen LogP contribution in [-0.4, -0.2) is 54.2 Å². The molecule has 41 heavy (non-hydrogen) atoms. The Bertz CT molecular complexity index is 1420. The third-order valence-electron chi connectivity index (χ3n) is 8.72. The summed E-state index contributed by atoms with van der Waals surface area (Å²) in [5.74, 6) is 2.38. The number of nitrogens with one attached hydrogen (secondary N) is 2. The van der Waals surface area contributed by atoms with Crippen LogP contribution in [0.4, 0.5) is 5.69 Å². The number of carbonyl (C=O) groups is 1. The molecule has 0 spiro atoms. The number of hydrogen-bond donors (Lipinski definition) is 2. The molecule has 218 valence electrons. The first-order valence-corrected chi connectivity index (χ1v) is 16.7. The maximum Gasteiger partial charge on any atom is 0.229 e. The summed E-state index contributed by atoms with van der Waals surface area (Å²) in [5.41, 5.74) is 2.70. The minimum Gasteiger partial charge on any atom is -0.349 e. The van der Waals surface area contributed by atoms with E-state index in [0.29, 0.717) is 42.4 Å². The lowest BCUT2D eigenvalue weighted by molar-refractivity contribution is -0.122.